The lowest BCUT2D eigenvalue weighted by Gasteiger charge is -2.19. The topological polar surface area (TPSA) is 41.1 Å². The van der Waals surface area contributed by atoms with Gasteiger partial charge >= 0.3 is 0 Å². The minimum absolute atomic E-state index is 0.766. The third kappa shape index (κ3) is 6.19. The Morgan fingerprint density at radius 3 is 1.86 bits per heavy atom. The summed E-state index contributed by atoms with van der Waals surface area (Å²) in [6.07, 6.45) is 8.50. The largest absolute Gasteiger partial charge is 0.457 e. The van der Waals surface area contributed by atoms with Gasteiger partial charge in [-0.3, -0.25) is 4.98 Å². The minimum atomic E-state index is 0.766. The monoisotopic (exact) mass is 566 g/mol. The first-order chi connectivity index (χ1) is 21.2. The molecular weight excluding hydrogens is 532 g/mol. The molecule has 4 aromatic carbocycles. The van der Waals surface area contributed by atoms with Crippen molar-refractivity contribution in [2.24, 2.45) is 0 Å². The molecule has 1 fully saturated rings. The molecular formula is C37H34N4O2. The Hall–Kier alpha value is -5.23. The summed E-state index contributed by atoms with van der Waals surface area (Å²) in [7, 11) is 2.06. The SMILES string of the molecule is CN1C=CN(c2cccc(Oc3cccc(-c4cc(-c5cccc(Oc6cccc(N7CCCC7)c6)c5)ccn4)c3)c2)C1. The third-order valence-corrected chi connectivity index (χ3v) is 7.84. The van der Waals surface area contributed by atoms with E-state index >= 15 is 0 Å². The number of nitrogens with zero attached hydrogens (tertiary/aromatic N) is 4. The lowest BCUT2D eigenvalue weighted by Crippen LogP contribution is -2.21. The molecule has 0 spiro atoms. The first-order valence-electron chi connectivity index (χ1n) is 14.8. The second-order valence-electron chi connectivity index (χ2n) is 11.0. The summed E-state index contributed by atoms with van der Waals surface area (Å²) in [5.74, 6) is 3.22. The van der Waals surface area contributed by atoms with Gasteiger partial charge in [-0.05, 0) is 84.6 Å². The van der Waals surface area contributed by atoms with Crippen LogP contribution in [-0.2, 0) is 0 Å². The van der Waals surface area contributed by atoms with Crippen LogP contribution in [0.3, 0.4) is 0 Å². The van der Waals surface area contributed by atoms with E-state index in [0.717, 1.165) is 70.8 Å². The average molecular weight is 567 g/mol. The van der Waals surface area contributed by atoms with E-state index in [2.05, 4.69) is 93.7 Å². The summed E-state index contributed by atoms with van der Waals surface area (Å²) in [4.78, 5) is 11.4. The van der Waals surface area contributed by atoms with Crippen LogP contribution in [0.2, 0.25) is 0 Å². The van der Waals surface area contributed by atoms with Crippen molar-refractivity contribution in [1.29, 1.82) is 0 Å². The van der Waals surface area contributed by atoms with Crippen LogP contribution in [0.5, 0.6) is 23.0 Å². The maximum atomic E-state index is 6.31. The number of ether oxygens (including phenoxy) is 2. The molecule has 7 rings (SSSR count). The lowest BCUT2D eigenvalue weighted by atomic mass is 10.0. The number of benzene rings is 4. The van der Waals surface area contributed by atoms with Crippen molar-refractivity contribution in [2.45, 2.75) is 12.8 Å². The van der Waals surface area contributed by atoms with E-state index in [1.165, 1.54) is 18.5 Å². The van der Waals surface area contributed by atoms with Crippen LogP contribution >= 0.6 is 0 Å². The van der Waals surface area contributed by atoms with E-state index in [1.54, 1.807) is 0 Å². The van der Waals surface area contributed by atoms with E-state index in [0.29, 0.717) is 0 Å². The van der Waals surface area contributed by atoms with Crippen molar-refractivity contribution in [3.8, 4) is 45.4 Å². The predicted octanol–water partition coefficient (Wildman–Crippen LogP) is 8.78. The van der Waals surface area contributed by atoms with Crippen molar-refractivity contribution in [3.63, 3.8) is 0 Å². The molecule has 0 saturated carbocycles. The number of anilines is 2. The fraction of sp³-hybridized carbons (Fsp3) is 0.162. The average Bonchev–Trinajstić information content (AvgIpc) is 3.75. The number of hydrogen-bond acceptors (Lipinski definition) is 6. The van der Waals surface area contributed by atoms with Crippen LogP contribution in [0.1, 0.15) is 12.8 Å². The number of aromatic nitrogens is 1. The van der Waals surface area contributed by atoms with Gasteiger partial charge in [-0.2, -0.15) is 0 Å². The Morgan fingerprint density at radius 2 is 1.16 bits per heavy atom. The van der Waals surface area contributed by atoms with Crippen LogP contribution in [0, 0.1) is 0 Å². The van der Waals surface area contributed by atoms with E-state index in [-0.39, 0.29) is 0 Å². The molecule has 0 atom stereocenters. The maximum absolute atomic E-state index is 6.31. The van der Waals surface area contributed by atoms with Crippen molar-refractivity contribution in [1.82, 2.24) is 9.88 Å². The zero-order valence-corrected chi connectivity index (χ0v) is 24.3. The molecule has 1 saturated heterocycles. The highest BCUT2D eigenvalue weighted by atomic mass is 16.5. The maximum Gasteiger partial charge on any atom is 0.129 e. The van der Waals surface area contributed by atoms with Gasteiger partial charge in [-0.15, -0.1) is 0 Å². The molecule has 0 aliphatic carbocycles. The predicted molar refractivity (Wildman–Crippen MR) is 174 cm³/mol. The molecule has 0 amide bonds. The van der Waals surface area contributed by atoms with Gasteiger partial charge in [0, 0.05) is 67.8 Å². The van der Waals surface area contributed by atoms with Crippen LogP contribution in [0.15, 0.2) is 128 Å². The van der Waals surface area contributed by atoms with Gasteiger partial charge < -0.3 is 24.2 Å². The molecule has 2 aliphatic rings. The highest BCUT2D eigenvalue weighted by Crippen LogP contribution is 2.33. The number of rotatable bonds is 8. The fourth-order valence-corrected chi connectivity index (χ4v) is 5.64. The molecule has 0 bridgehead atoms. The van der Waals surface area contributed by atoms with Crippen LogP contribution in [0.25, 0.3) is 22.4 Å². The molecule has 2 aliphatic heterocycles. The molecule has 0 N–H and O–H groups in total. The van der Waals surface area contributed by atoms with Gasteiger partial charge in [0.05, 0.1) is 12.4 Å². The van der Waals surface area contributed by atoms with Gasteiger partial charge in [0.2, 0.25) is 0 Å². The Morgan fingerprint density at radius 1 is 0.581 bits per heavy atom. The standard InChI is InChI=1S/C37H34N4O2/c1-39-20-21-41(27-39)32-11-7-15-36(26-32)43-34-13-5-9-30(23-34)37-24-29(16-17-38-37)28-8-4-12-33(22-28)42-35-14-6-10-31(25-35)40-18-2-3-19-40/h4-17,20-26H,2-3,18-19,27H2,1H3. The second-order valence-corrected chi connectivity index (χ2v) is 11.0. The summed E-state index contributed by atoms with van der Waals surface area (Å²) >= 11 is 0. The highest BCUT2D eigenvalue weighted by molar-refractivity contribution is 5.72. The summed E-state index contributed by atoms with van der Waals surface area (Å²) in [6.45, 7) is 3.04. The van der Waals surface area contributed by atoms with Gasteiger partial charge in [0.15, 0.2) is 0 Å². The molecule has 6 heteroatoms. The summed E-state index contributed by atoms with van der Waals surface area (Å²) < 4.78 is 12.6. The Balaban J connectivity index is 1.08. The van der Waals surface area contributed by atoms with E-state index in [1.807, 2.05) is 60.8 Å². The van der Waals surface area contributed by atoms with Gasteiger partial charge in [-0.25, -0.2) is 0 Å². The molecule has 0 radical (unpaired) electrons. The fourth-order valence-electron chi connectivity index (χ4n) is 5.64. The minimum Gasteiger partial charge on any atom is -0.457 e. The Bertz CT molecular complexity index is 1760. The Kier molecular flexibility index (Phi) is 7.40. The molecule has 1 aromatic heterocycles. The molecule has 3 heterocycles. The van der Waals surface area contributed by atoms with Crippen molar-refractivity contribution < 1.29 is 9.47 Å². The molecule has 5 aromatic rings. The highest BCUT2D eigenvalue weighted by Gasteiger charge is 2.14. The van der Waals surface area contributed by atoms with Gasteiger partial charge in [0.25, 0.3) is 0 Å². The smallest absolute Gasteiger partial charge is 0.129 e. The zero-order chi connectivity index (χ0) is 29.0. The van der Waals surface area contributed by atoms with Gasteiger partial charge in [0.1, 0.15) is 23.0 Å². The van der Waals surface area contributed by atoms with Crippen LogP contribution < -0.4 is 19.3 Å². The number of pyridine rings is 1. The lowest BCUT2D eigenvalue weighted by molar-refractivity contribution is 0.481. The van der Waals surface area contributed by atoms with Crippen molar-refractivity contribution >= 4 is 11.4 Å². The first-order valence-corrected chi connectivity index (χ1v) is 14.8. The summed E-state index contributed by atoms with van der Waals surface area (Å²) in [5, 5.41) is 0. The summed E-state index contributed by atoms with van der Waals surface area (Å²) in [6, 6.07) is 37.0. The van der Waals surface area contributed by atoms with E-state index < -0.39 is 0 Å². The van der Waals surface area contributed by atoms with Crippen molar-refractivity contribution in [2.75, 3.05) is 36.6 Å². The van der Waals surface area contributed by atoms with Gasteiger partial charge in [-0.1, -0.05) is 36.4 Å². The molecule has 43 heavy (non-hydrogen) atoms. The molecule has 214 valence electrons. The second kappa shape index (κ2) is 11.9. The van der Waals surface area contributed by atoms with E-state index in [9.17, 15) is 0 Å². The molecule has 6 nitrogen and oxygen atoms in total. The number of hydrogen-bond donors (Lipinski definition) is 0. The zero-order valence-electron chi connectivity index (χ0n) is 24.3. The van der Waals surface area contributed by atoms with Crippen LogP contribution in [0.4, 0.5) is 11.4 Å². The Labute approximate surface area is 253 Å². The summed E-state index contributed by atoms with van der Waals surface area (Å²) in [5.41, 5.74) is 6.33. The van der Waals surface area contributed by atoms with Crippen molar-refractivity contribution in [3.05, 3.63) is 128 Å². The third-order valence-electron chi connectivity index (χ3n) is 7.84. The van der Waals surface area contributed by atoms with Crippen LogP contribution in [-0.4, -0.2) is 36.7 Å². The quantitative estimate of drug-likeness (QED) is 0.187. The molecule has 0 unspecified atom stereocenters. The normalized spacial score (nSPS) is 14.4. The van der Waals surface area contributed by atoms with E-state index in [4.69, 9.17) is 9.47 Å². The first kappa shape index (κ1) is 26.7.